The first-order chi connectivity index (χ1) is 8.73. The number of esters is 1. The van der Waals surface area contributed by atoms with E-state index >= 15 is 0 Å². The lowest BCUT2D eigenvalue weighted by Crippen LogP contribution is -2.27. The molecule has 106 valence electrons. The Hall–Kier alpha value is -1.47. The minimum absolute atomic E-state index is 0.353. The minimum Gasteiger partial charge on any atom is -0.467 e. The Balaban J connectivity index is 2.95. The van der Waals surface area contributed by atoms with E-state index in [1.807, 2.05) is 0 Å². The molecule has 0 amide bonds. The number of methoxy groups -OCH3 is 1. The van der Waals surface area contributed by atoms with Crippen LogP contribution in [0.1, 0.15) is 6.92 Å². The van der Waals surface area contributed by atoms with E-state index in [0.29, 0.717) is 16.4 Å². The van der Waals surface area contributed by atoms with Crippen molar-refractivity contribution in [1.29, 1.82) is 0 Å². The van der Waals surface area contributed by atoms with Crippen LogP contribution in [0.25, 0.3) is 0 Å². The average Bonchev–Trinajstić information content (AvgIpc) is 2.30. The van der Waals surface area contributed by atoms with Gasteiger partial charge in [-0.15, -0.1) is 0 Å². The van der Waals surface area contributed by atoms with Crippen LogP contribution in [0.15, 0.2) is 18.2 Å². The maximum atomic E-state index is 11.3. The van der Waals surface area contributed by atoms with Crippen molar-refractivity contribution in [1.82, 2.24) is 0 Å². The third-order valence-electron chi connectivity index (χ3n) is 2.20. The lowest BCUT2D eigenvalue weighted by Gasteiger charge is -2.15. The van der Waals surface area contributed by atoms with Crippen LogP contribution in [-0.2, 0) is 19.6 Å². The second-order valence-electron chi connectivity index (χ2n) is 3.96. The Labute approximate surface area is 117 Å². The fourth-order valence-corrected chi connectivity index (χ4v) is 2.11. The van der Waals surface area contributed by atoms with Crippen molar-refractivity contribution >= 4 is 39.0 Å². The predicted molar refractivity (Wildman–Crippen MR) is 75.0 cm³/mol. The van der Waals surface area contributed by atoms with Crippen LogP contribution < -0.4 is 10.0 Å². The van der Waals surface area contributed by atoms with E-state index in [4.69, 9.17) is 11.6 Å². The van der Waals surface area contributed by atoms with Crippen molar-refractivity contribution in [3.05, 3.63) is 23.2 Å². The average molecular weight is 307 g/mol. The molecule has 8 heteroatoms. The van der Waals surface area contributed by atoms with E-state index in [1.54, 1.807) is 6.92 Å². The van der Waals surface area contributed by atoms with E-state index in [9.17, 15) is 13.2 Å². The molecule has 0 spiro atoms. The Kier molecular flexibility index (Phi) is 5.02. The Morgan fingerprint density at radius 3 is 2.58 bits per heavy atom. The number of ether oxygens (including phenoxy) is 1. The third-order valence-corrected chi connectivity index (χ3v) is 3.13. The van der Waals surface area contributed by atoms with Gasteiger partial charge in [0.05, 0.1) is 29.8 Å². The van der Waals surface area contributed by atoms with Crippen molar-refractivity contribution in [2.45, 2.75) is 13.0 Å². The van der Waals surface area contributed by atoms with Gasteiger partial charge in [0.1, 0.15) is 6.04 Å². The van der Waals surface area contributed by atoms with Gasteiger partial charge in [-0.05, 0) is 25.1 Å². The number of carbonyl (C=O) groups excluding carboxylic acids is 1. The van der Waals surface area contributed by atoms with E-state index in [2.05, 4.69) is 14.8 Å². The highest BCUT2D eigenvalue weighted by molar-refractivity contribution is 7.92. The van der Waals surface area contributed by atoms with Crippen LogP contribution in [0.2, 0.25) is 5.02 Å². The predicted octanol–water partition coefficient (Wildman–Crippen LogP) is 1.68. The number of anilines is 2. The highest BCUT2D eigenvalue weighted by atomic mass is 35.5. The molecular weight excluding hydrogens is 292 g/mol. The highest BCUT2D eigenvalue weighted by Crippen LogP contribution is 2.26. The normalized spacial score (nSPS) is 12.6. The number of rotatable bonds is 5. The summed E-state index contributed by atoms with van der Waals surface area (Å²) in [7, 11) is -2.09. The second kappa shape index (κ2) is 6.12. The molecule has 0 bridgehead atoms. The maximum absolute atomic E-state index is 11.3. The van der Waals surface area contributed by atoms with Crippen LogP contribution in [0.3, 0.4) is 0 Å². The van der Waals surface area contributed by atoms with E-state index in [-0.39, 0.29) is 0 Å². The first kappa shape index (κ1) is 15.6. The van der Waals surface area contributed by atoms with Gasteiger partial charge in [-0.3, -0.25) is 4.72 Å². The SMILES string of the molecule is COC(=O)C(C)Nc1cc(NS(C)(=O)=O)ccc1Cl. The second-order valence-corrected chi connectivity index (χ2v) is 6.11. The van der Waals surface area contributed by atoms with Gasteiger partial charge >= 0.3 is 5.97 Å². The molecule has 0 radical (unpaired) electrons. The zero-order valence-corrected chi connectivity index (χ0v) is 12.3. The molecule has 6 nitrogen and oxygen atoms in total. The lowest BCUT2D eigenvalue weighted by atomic mass is 10.2. The fourth-order valence-electron chi connectivity index (χ4n) is 1.38. The summed E-state index contributed by atoms with van der Waals surface area (Å²) in [6, 6.07) is 3.96. The number of sulfonamides is 1. The summed E-state index contributed by atoms with van der Waals surface area (Å²) in [5.41, 5.74) is 0.791. The van der Waals surface area contributed by atoms with Gasteiger partial charge in [0, 0.05) is 0 Å². The molecule has 0 aliphatic heterocycles. The highest BCUT2D eigenvalue weighted by Gasteiger charge is 2.14. The molecule has 0 aliphatic rings. The van der Waals surface area contributed by atoms with Crippen molar-refractivity contribution in [3.8, 4) is 0 Å². The molecule has 1 atom stereocenters. The summed E-state index contributed by atoms with van der Waals surface area (Å²) < 4.78 is 29.2. The van der Waals surface area contributed by atoms with Gasteiger partial charge in [0.2, 0.25) is 10.0 Å². The summed E-state index contributed by atoms with van der Waals surface area (Å²) in [5, 5.41) is 3.22. The summed E-state index contributed by atoms with van der Waals surface area (Å²) in [5.74, 6) is -0.447. The molecule has 0 fully saturated rings. The molecule has 0 saturated carbocycles. The summed E-state index contributed by atoms with van der Waals surface area (Å²) in [4.78, 5) is 11.3. The molecule has 0 aromatic heterocycles. The Morgan fingerprint density at radius 2 is 2.05 bits per heavy atom. The van der Waals surface area contributed by atoms with Crippen molar-refractivity contribution < 1.29 is 17.9 Å². The first-order valence-electron chi connectivity index (χ1n) is 5.34. The van der Waals surface area contributed by atoms with Crippen LogP contribution >= 0.6 is 11.6 Å². The standard InChI is InChI=1S/C11H15ClN2O4S/c1-7(11(15)18-2)13-10-6-8(4-5-9(10)12)14-19(3,16)17/h4-7,13-14H,1-3H3. The van der Waals surface area contributed by atoms with Crippen molar-refractivity contribution in [2.75, 3.05) is 23.4 Å². The molecule has 1 aromatic rings. The van der Waals surface area contributed by atoms with Crippen LogP contribution in [0.5, 0.6) is 0 Å². The van der Waals surface area contributed by atoms with Crippen LogP contribution in [-0.4, -0.2) is 33.8 Å². The van der Waals surface area contributed by atoms with Gasteiger partial charge in [0.15, 0.2) is 0 Å². The molecule has 0 saturated heterocycles. The summed E-state index contributed by atoms with van der Waals surface area (Å²) in [6.07, 6.45) is 1.05. The van der Waals surface area contributed by atoms with E-state index in [1.165, 1.54) is 25.3 Å². The Bertz CT molecular complexity index is 574. The first-order valence-corrected chi connectivity index (χ1v) is 7.61. The zero-order chi connectivity index (χ0) is 14.6. The number of halogens is 1. The number of carbonyl (C=O) groups is 1. The van der Waals surface area contributed by atoms with Crippen LogP contribution in [0.4, 0.5) is 11.4 Å². The lowest BCUT2D eigenvalue weighted by molar-refractivity contribution is -0.141. The van der Waals surface area contributed by atoms with Crippen molar-refractivity contribution in [3.63, 3.8) is 0 Å². The number of hydrogen-bond acceptors (Lipinski definition) is 5. The van der Waals surface area contributed by atoms with Crippen molar-refractivity contribution in [2.24, 2.45) is 0 Å². The Morgan fingerprint density at radius 1 is 1.42 bits per heavy atom. The minimum atomic E-state index is -3.37. The van der Waals surface area contributed by atoms with E-state index in [0.717, 1.165) is 6.26 Å². The quantitative estimate of drug-likeness (QED) is 0.809. The largest absolute Gasteiger partial charge is 0.467 e. The van der Waals surface area contributed by atoms with Gasteiger partial charge in [-0.1, -0.05) is 11.6 Å². The molecule has 1 aromatic carbocycles. The molecule has 19 heavy (non-hydrogen) atoms. The third kappa shape index (κ3) is 4.96. The van der Waals surface area contributed by atoms with Gasteiger partial charge in [-0.2, -0.15) is 0 Å². The zero-order valence-electron chi connectivity index (χ0n) is 10.7. The summed E-state index contributed by atoms with van der Waals surface area (Å²) >= 11 is 5.97. The maximum Gasteiger partial charge on any atom is 0.327 e. The molecule has 2 N–H and O–H groups in total. The van der Waals surface area contributed by atoms with Gasteiger partial charge < -0.3 is 10.1 Å². The molecule has 1 rings (SSSR count). The fraction of sp³-hybridized carbons (Fsp3) is 0.364. The smallest absolute Gasteiger partial charge is 0.327 e. The topological polar surface area (TPSA) is 84.5 Å². The molecule has 0 heterocycles. The van der Waals surface area contributed by atoms with Crippen LogP contribution in [0, 0.1) is 0 Å². The number of nitrogens with one attached hydrogen (secondary N) is 2. The number of benzene rings is 1. The monoisotopic (exact) mass is 306 g/mol. The number of hydrogen-bond donors (Lipinski definition) is 2. The van der Waals surface area contributed by atoms with Gasteiger partial charge in [0.25, 0.3) is 0 Å². The molecule has 0 aliphatic carbocycles. The molecular formula is C11H15ClN2O4S. The van der Waals surface area contributed by atoms with Gasteiger partial charge in [-0.25, -0.2) is 13.2 Å². The summed E-state index contributed by atoms with van der Waals surface area (Å²) in [6.45, 7) is 1.61. The molecule has 1 unspecified atom stereocenters. The van der Waals surface area contributed by atoms with E-state index < -0.39 is 22.0 Å².